The van der Waals surface area contributed by atoms with Crippen molar-refractivity contribution in [1.82, 2.24) is 20.4 Å². The summed E-state index contributed by atoms with van der Waals surface area (Å²) in [6.45, 7) is 6.37. The van der Waals surface area contributed by atoms with Gasteiger partial charge in [0, 0.05) is 22.8 Å². The number of rotatable bonds is 7. The van der Waals surface area contributed by atoms with Crippen LogP contribution in [0.5, 0.6) is 11.5 Å². The molecule has 1 unspecified atom stereocenters. The van der Waals surface area contributed by atoms with Crippen molar-refractivity contribution in [3.05, 3.63) is 77.3 Å². The molecule has 1 aromatic heterocycles. The number of nitrogens with one attached hydrogen (secondary N) is 1. The van der Waals surface area contributed by atoms with E-state index in [4.69, 9.17) is 42.8 Å². The van der Waals surface area contributed by atoms with Crippen LogP contribution >= 0.6 is 23.8 Å². The summed E-state index contributed by atoms with van der Waals surface area (Å²) in [5.41, 5.74) is 3.44. The maximum absolute atomic E-state index is 6.11. The van der Waals surface area contributed by atoms with Gasteiger partial charge in [-0.2, -0.15) is 4.98 Å². The molecule has 0 radical (unpaired) electrons. The van der Waals surface area contributed by atoms with E-state index in [1.807, 2.05) is 48.2 Å². The normalized spacial score (nSPS) is 15.9. The molecule has 2 heterocycles. The maximum Gasteiger partial charge on any atom is 0.258 e. The van der Waals surface area contributed by atoms with Crippen LogP contribution in [0.15, 0.2) is 65.3 Å². The zero-order chi connectivity index (χ0) is 23.5. The first-order chi connectivity index (χ1) is 16.0. The van der Waals surface area contributed by atoms with Gasteiger partial charge in [-0.3, -0.25) is 0 Å². The molecule has 0 bridgehead atoms. The number of thiocarbonyl (C=S) groups is 1. The number of nitrogens with zero attached hydrogens (tertiary/aromatic N) is 3. The lowest BCUT2D eigenvalue weighted by Gasteiger charge is -2.36. The fourth-order valence-corrected chi connectivity index (χ4v) is 4.19. The molecule has 0 saturated carbocycles. The van der Waals surface area contributed by atoms with E-state index >= 15 is 0 Å². The van der Waals surface area contributed by atoms with Crippen molar-refractivity contribution in [2.75, 3.05) is 20.8 Å². The Morgan fingerprint density at radius 2 is 1.91 bits per heavy atom. The van der Waals surface area contributed by atoms with E-state index < -0.39 is 0 Å². The smallest absolute Gasteiger partial charge is 0.258 e. The third-order valence-electron chi connectivity index (χ3n) is 5.41. The number of allylic oxidation sites excluding steroid dienone is 1. The first-order valence-electron chi connectivity index (χ1n) is 10.2. The minimum Gasteiger partial charge on any atom is -0.493 e. The molecule has 1 atom stereocenters. The summed E-state index contributed by atoms with van der Waals surface area (Å²) in [4.78, 5) is 6.65. The second-order valence-electron chi connectivity index (χ2n) is 7.33. The van der Waals surface area contributed by atoms with Crippen LogP contribution in [0, 0.1) is 0 Å². The molecule has 7 nitrogen and oxygen atoms in total. The summed E-state index contributed by atoms with van der Waals surface area (Å²) in [5.74, 6) is 2.03. The minimum atomic E-state index is -0.283. The van der Waals surface area contributed by atoms with Gasteiger partial charge < -0.3 is 24.2 Å². The lowest BCUT2D eigenvalue weighted by atomic mass is 9.95. The Morgan fingerprint density at radius 1 is 1.18 bits per heavy atom. The molecule has 4 rings (SSSR count). The highest BCUT2D eigenvalue weighted by Gasteiger charge is 2.33. The molecule has 9 heteroatoms. The summed E-state index contributed by atoms with van der Waals surface area (Å²) in [7, 11) is 3.17. The Morgan fingerprint density at radius 3 is 2.58 bits per heavy atom. The summed E-state index contributed by atoms with van der Waals surface area (Å²) < 4.78 is 16.5. The van der Waals surface area contributed by atoms with Crippen LogP contribution in [-0.2, 0) is 0 Å². The standard InChI is InChI=1S/C24H23ClN4O3S/c1-5-12-29-14(2)20(21(26-24(29)33)15-6-9-17(25)10-7-15)23-27-22(28-32-23)16-8-11-18(30-3)19(13-16)31-4/h5-11,13,21H,1,12H2,2-4H3,(H,26,33). The summed E-state index contributed by atoms with van der Waals surface area (Å²) in [5, 5.41) is 8.86. The highest BCUT2D eigenvalue weighted by molar-refractivity contribution is 7.80. The number of methoxy groups -OCH3 is 2. The van der Waals surface area contributed by atoms with Crippen molar-refractivity contribution in [3.63, 3.8) is 0 Å². The topological polar surface area (TPSA) is 72.7 Å². The van der Waals surface area contributed by atoms with Gasteiger partial charge in [0.25, 0.3) is 5.89 Å². The third kappa shape index (κ3) is 4.44. The number of halogens is 1. The van der Waals surface area contributed by atoms with Gasteiger partial charge in [-0.1, -0.05) is 35.0 Å². The van der Waals surface area contributed by atoms with Crippen LogP contribution in [0.2, 0.25) is 5.02 Å². The van der Waals surface area contributed by atoms with E-state index in [9.17, 15) is 0 Å². The first-order valence-corrected chi connectivity index (χ1v) is 11.0. The number of hydrogen-bond donors (Lipinski definition) is 1. The molecule has 33 heavy (non-hydrogen) atoms. The molecule has 3 aromatic rings. The molecule has 0 saturated heterocycles. The van der Waals surface area contributed by atoms with Gasteiger partial charge in [-0.25, -0.2) is 0 Å². The van der Waals surface area contributed by atoms with E-state index in [1.165, 1.54) is 0 Å². The molecule has 1 aliphatic heterocycles. The summed E-state index contributed by atoms with van der Waals surface area (Å²) in [6.07, 6.45) is 1.79. The molecular formula is C24H23ClN4O3S. The highest BCUT2D eigenvalue weighted by atomic mass is 35.5. The molecule has 2 aromatic carbocycles. The molecule has 0 fully saturated rings. The number of ether oxygens (including phenoxy) is 2. The van der Waals surface area contributed by atoms with Crippen molar-refractivity contribution in [2.45, 2.75) is 13.0 Å². The second kappa shape index (κ2) is 9.64. The van der Waals surface area contributed by atoms with Crippen LogP contribution in [0.3, 0.4) is 0 Å². The second-order valence-corrected chi connectivity index (χ2v) is 8.15. The Kier molecular flexibility index (Phi) is 6.67. The Hall–Kier alpha value is -3.36. The minimum absolute atomic E-state index is 0.283. The molecule has 170 valence electrons. The van der Waals surface area contributed by atoms with Gasteiger partial charge in [-0.15, -0.1) is 6.58 Å². The van der Waals surface area contributed by atoms with Crippen molar-refractivity contribution >= 4 is 34.5 Å². The fraction of sp³-hybridized carbons (Fsp3) is 0.208. The predicted molar refractivity (Wildman–Crippen MR) is 132 cm³/mol. The molecule has 0 spiro atoms. The van der Waals surface area contributed by atoms with Gasteiger partial charge in [0.05, 0.1) is 25.8 Å². The average Bonchev–Trinajstić information content (AvgIpc) is 3.31. The van der Waals surface area contributed by atoms with Crippen LogP contribution in [-0.4, -0.2) is 40.9 Å². The van der Waals surface area contributed by atoms with Gasteiger partial charge in [0.2, 0.25) is 5.82 Å². The van der Waals surface area contributed by atoms with E-state index in [0.29, 0.717) is 39.9 Å². The molecular weight excluding hydrogens is 460 g/mol. The SMILES string of the molecule is C=CCN1C(=S)NC(c2ccc(Cl)cc2)C(c2nc(-c3ccc(OC)c(OC)c3)no2)=C1C. The Labute approximate surface area is 202 Å². The predicted octanol–water partition coefficient (Wildman–Crippen LogP) is 5.26. The summed E-state index contributed by atoms with van der Waals surface area (Å²) >= 11 is 11.7. The van der Waals surface area contributed by atoms with Crippen LogP contribution in [0.25, 0.3) is 17.0 Å². The maximum atomic E-state index is 6.11. The quantitative estimate of drug-likeness (QED) is 0.361. The van der Waals surface area contributed by atoms with Crippen LogP contribution < -0.4 is 14.8 Å². The van der Waals surface area contributed by atoms with Crippen LogP contribution in [0.1, 0.15) is 24.4 Å². The van der Waals surface area contributed by atoms with Crippen molar-refractivity contribution in [1.29, 1.82) is 0 Å². The van der Waals surface area contributed by atoms with Gasteiger partial charge in [0.15, 0.2) is 16.6 Å². The number of benzene rings is 2. The van der Waals surface area contributed by atoms with Crippen molar-refractivity contribution in [3.8, 4) is 22.9 Å². The zero-order valence-corrected chi connectivity index (χ0v) is 20.0. The highest BCUT2D eigenvalue weighted by Crippen LogP contribution is 2.38. The van der Waals surface area contributed by atoms with E-state index in [1.54, 1.807) is 26.4 Å². The Balaban J connectivity index is 1.80. The molecule has 0 aliphatic carbocycles. The average molecular weight is 483 g/mol. The van der Waals surface area contributed by atoms with Crippen molar-refractivity contribution in [2.24, 2.45) is 0 Å². The largest absolute Gasteiger partial charge is 0.493 e. The lowest BCUT2D eigenvalue weighted by Crippen LogP contribution is -2.45. The summed E-state index contributed by atoms with van der Waals surface area (Å²) in [6, 6.07) is 12.8. The zero-order valence-electron chi connectivity index (χ0n) is 18.5. The molecule has 1 N–H and O–H groups in total. The first kappa shape index (κ1) is 22.8. The number of hydrogen-bond acceptors (Lipinski definition) is 6. The van der Waals surface area contributed by atoms with Crippen LogP contribution in [0.4, 0.5) is 0 Å². The van der Waals surface area contributed by atoms with Crippen molar-refractivity contribution < 1.29 is 14.0 Å². The monoisotopic (exact) mass is 482 g/mol. The third-order valence-corrected chi connectivity index (χ3v) is 6.00. The van der Waals surface area contributed by atoms with E-state index in [-0.39, 0.29) is 6.04 Å². The Bertz CT molecular complexity index is 1220. The number of aromatic nitrogens is 2. The van der Waals surface area contributed by atoms with E-state index in [0.717, 1.165) is 22.4 Å². The lowest BCUT2D eigenvalue weighted by molar-refractivity contribution is 0.355. The molecule has 1 aliphatic rings. The molecule has 0 amide bonds. The van der Waals surface area contributed by atoms with Gasteiger partial charge >= 0.3 is 0 Å². The van der Waals surface area contributed by atoms with Gasteiger partial charge in [-0.05, 0) is 55.0 Å². The van der Waals surface area contributed by atoms with Gasteiger partial charge in [0.1, 0.15) is 0 Å². The fourth-order valence-electron chi connectivity index (χ4n) is 3.74. The van der Waals surface area contributed by atoms with E-state index in [2.05, 4.69) is 17.1 Å².